The molecular weight excluding hydrogens is 384 g/mol. The van der Waals surface area contributed by atoms with E-state index in [9.17, 15) is 0 Å². The molecule has 0 amide bonds. The lowest BCUT2D eigenvalue weighted by Gasteiger charge is -2.38. The monoisotopic (exact) mass is 414 g/mol. The standard InChI is InChI=1S/C22H30N4O2S/c1-2-28-22-25-20(14-29-22)19-13-24-21-18(19)11-16(12-23-21)15-3-5-17(6-4-15)26-7-9-27-10-8-26/h11-12,14-15,17,19H,2-10,13H2,1H3,(H,23,24)/t15-,17-,19?. The lowest BCUT2D eigenvalue weighted by molar-refractivity contribution is 0.00729. The Morgan fingerprint density at radius 3 is 2.86 bits per heavy atom. The van der Waals surface area contributed by atoms with Gasteiger partial charge in [0.25, 0.3) is 5.19 Å². The summed E-state index contributed by atoms with van der Waals surface area (Å²) in [6.45, 7) is 7.50. The molecule has 29 heavy (non-hydrogen) atoms. The molecule has 2 fully saturated rings. The molecule has 0 bridgehead atoms. The number of thiazole rings is 1. The van der Waals surface area contributed by atoms with Crippen LogP contribution in [-0.2, 0) is 4.74 Å². The fraction of sp³-hybridized carbons (Fsp3) is 0.636. The molecule has 2 aromatic rings. The molecule has 1 atom stereocenters. The first-order valence-corrected chi connectivity index (χ1v) is 11.8. The maximum atomic E-state index is 5.57. The molecule has 7 heteroatoms. The van der Waals surface area contributed by atoms with Crippen molar-refractivity contribution in [3.8, 4) is 5.19 Å². The Bertz CT molecular complexity index is 828. The fourth-order valence-corrected chi connectivity index (χ4v) is 5.83. The smallest absolute Gasteiger partial charge is 0.273 e. The first kappa shape index (κ1) is 19.3. The summed E-state index contributed by atoms with van der Waals surface area (Å²) >= 11 is 1.59. The number of rotatable bonds is 5. The van der Waals surface area contributed by atoms with Gasteiger partial charge in [-0.1, -0.05) is 11.3 Å². The summed E-state index contributed by atoms with van der Waals surface area (Å²) in [5.41, 5.74) is 3.80. The van der Waals surface area contributed by atoms with Crippen LogP contribution in [0.1, 0.15) is 61.3 Å². The van der Waals surface area contributed by atoms with Crippen LogP contribution in [-0.4, -0.2) is 60.4 Å². The summed E-state index contributed by atoms with van der Waals surface area (Å²) in [6, 6.07) is 3.13. The van der Waals surface area contributed by atoms with Gasteiger partial charge >= 0.3 is 0 Å². The van der Waals surface area contributed by atoms with Crippen molar-refractivity contribution in [2.45, 2.75) is 50.5 Å². The van der Waals surface area contributed by atoms with Crippen molar-refractivity contribution in [3.05, 3.63) is 34.5 Å². The Morgan fingerprint density at radius 1 is 1.24 bits per heavy atom. The van der Waals surface area contributed by atoms with Crippen LogP contribution in [0.5, 0.6) is 5.19 Å². The van der Waals surface area contributed by atoms with Crippen LogP contribution in [0.2, 0.25) is 0 Å². The molecule has 1 aliphatic carbocycles. The van der Waals surface area contributed by atoms with Crippen LogP contribution in [0.3, 0.4) is 0 Å². The van der Waals surface area contributed by atoms with E-state index in [2.05, 4.69) is 27.9 Å². The summed E-state index contributed by atoms with van der Waals surface area (Å²) in [7, 11) is 0. The van der Waals surface area contributed by atoms with Crippen LogP contribution < -0.4 is 10.1 Å². The topological polar surface area (TPSA) is 59.5 Å². The molecule has 2 aromatic heterocycles. The maximum absolute atomic E-state index is 5.57. The largest absolute Gasteiger partial charge is 0.470 e. The van der Waals surface area contributed by atoms with Gasteiger partial charge in [0.15, 0.2) is 0 Å². The molecule has 1 saturated heterocycles. The average Bonchev–Trinajstić information content (AvgIpc) is 3.41. The Labute approximate surface area is 176 Å². The number of pyridine rings is 1. The van der Waals surface area contributed by atoms with Crippen molar-refractivity contribution in [1.29, 1.82) is 0 Å². The highest BCUT2D eigenvalue weighted by atomic mass is 32.1. The van der Waals surface area contributed by atoms with E-state index in [-0.39, 0.29) is 5.92 Å². The number of morpholine rings is 1. The Kier molecular flexibility index (Phi) is 5.70. The van der Waals surface area contributed by atoms with Gasteiger partial charge in [0.2, 0.25) is 0 Å². The molecule has 1 unspecified atom stereocenters. The Balaban J connectivity index is 1.28. The van der Waals surface area contributed by atoms with Crippen LogP contribution >= 0.6 is 11.3 Å². The number of nitrogens with one attached hydrogen (secondary N) is 1. The molecule has 5 rings (SSSR count). The zero-order valence-corrected chi connectivity index (χ0v) is 17.9. The molecule has 2 aliphatic heterocycles. The molecular formula is C22H30N4O2S. The number of anilines is 1. The first-order valence-electron chi connectivity index (χ1n) is 11.0. The maximum Gasteiger partial charge on any atom is 0.273 e. The van der Waals surface area contributed by atoms with Crippen LogP contribution in [0.25, 0.3) is 0 Å². The van der Waals surface area contributed by atoms with E-state index in [4.69, 9.17) is 19.4 Å². The van der Waals surface area contributed by atoms with Crippen molar-refractivity contribution >= 4 is 17.2 Å². The molecule has 0 spiro atoms. The van der Waals surface area contributed by atoms with Gasteiger partial charge in [0.1, 0.15) is 5.82 Å². The Hall–Kier alpha value is -1.70. The minimum Gasteiger partial charge on any atom is -0.470 e. The normalized spacial score (nSPS) is 27.4. The van der Waals surface area contributed by atoms with E-state index in [1.807, 2.05) is 6.92 Å². The van der Waals surface area contributed by atoms with Gasteiger partial charge in [-0.2, -0.15) is 0 Å². The highest BCUT2D eigenvalue weighted by Gasteiger charge is 2.31. The van der Waals surface area contributed by atoms with Gasteiger partial charge in [-0.15, -0.1) is 0 Å². The number of ether oxygens (including phenoxy) is 2. The zero-order valence-electron chi connectivity index (χ0n) is 17.1. The van der Waals surface area contributed by atoms with E-state index in [1.54, 1.807) is 11.3 Å². The van der Waals surface area contributed by atoms with E-state index in [0.29, 0.717) is 12.5 Å². The highest BCUT2D eigenvalue weighted by molar-refractivity contribution is 7.11. The molecule has 4 heterocycles. The van der Waals surface area contributed by atoms with Crippen LogP contribution in [0, 0.1) is 0 Å². The second-order valence-corrected chi connectivity index (χ2v) is 9.09. The van der Waals surface area contributed by atoms with Crippen molar-refractivity contribution < 1.29 is 9.47 Å². The van der Waals surface area contributed by atoms with Gasteiger partial charge in [0.05, 0.1) is 25.5 Å². The van der Waals surface area contributed by atoms with Gasteiger partial charge in [0, 0.05) is 48.7 Å². The summed E-state index contributed by atoms with van der Waals surface area (Å²) in [4.78, 5) is 12.1. The molecule has 0 aromatic carbocycles. The lowest BCUT2D eigenvalue weighted by atomic mass is 9.81. The fourth-order valence-electron chi connectivity index (χ4n) is 5.04. The average molecular weight is 415 g/mol. The van der Waals surface area contributed by atoms with Crippen LogP contribution in [0.4, 0.5) is 5.82 Å². The molecule has 3 aliphatic rings. The zero-order chi connectivity index (χ0) is 19.6. The van der Waals surface area contributed by atoms with E-state index in [1.165, 1.54) is 36.8 Å². The summed E-state index contributed by atoms with van der Waals surface area (Å²) < 4.78 is 11.1. The number of fused-ring (bicyclic) bond motifs is 1. The number of nitrogens with zero attached hydrogens (tertiary/aromatic N) is 3. The molecule has 156 valence electrons. The van der Waals surface area contributed by atoms with Crippen molar-refractivity contribution in [2.24, 2.45) is 0 Å². The SMILES string of the molecule is CCOc1nc(C2CNc3ncc([C@H]4CC[C@H](N5CCOCC5)CC4)cc32)cs1. The number of aromatic nitrogens is 2. The molecule has 0 radical (unpaired) electrons. The van der Waals surface area contributed by atoms with Gasteiger partial charge < -0.3 is 14.8 Å². The van der Waals surface area contributed by atoms with Crippen LogP contribution in [0.15, 0.2) is 17.6 Å². The first-order chi connectivity index (χ1) is 14.3. The summed E-state index contributed by atoms with van der Waals surface area (Å²) in [5, 5.41) is 6.36. The minimum absolute atomic E-state index is 0.271. The predicted octanol–water partition coefficient (Wildman–Crippen LogP) is 3.85. The number of hydrogen-bond donors (Lipinski definition) is 1. The van der Waals surface area contributed by atoms with E-state index < -0.39 is 0 Å². The Morgan fingerprint density at radius 2 is 2.07 bits per heavy atom. The van der Waals surface area contributed by atoms with E-state index in [0.717, 1.165) is 55.6 Å². The van der Waals surface area contributed by atoms with Crippen molar-refractivity contribution in [2.75, 3.05) is 44.8 Å². The quantitative estimate of drug-likeness (QED) is 0.802. The third-order valence-electron chi connectivity index (χ3n) is 6.64. The van der Waals surface area contributed by atoms with E-state index >= 15 is 0 Å². The number of hydrogen-bond acceptors (Lipinski definition) is 7. The molecule has 6 nitrogen and oxygen atoms in total. The summed E-state index contributed by atoms with van der Waals surface area (Å²) in [5.74, 6) is 1.92. The lowest BCUT2D eigenvalue weighted by Crippen LogP contribution is -2.44. The second kappa shape index (κ2) is 8.58. The third-order valence-corrected chi connectivity index (χ3v) is 7.41. The van der Waals surface area contributed by atoms with Crippen molar-refractivity contribution in [3.63, 3.8) is 0 Å². The molecule has 1 saturated carbocycles. The van der Waals surface area contributed by atoms with Gasteiger partial charge in [-0.3, -0.25) is 4.90 Å². The summed E-state index contributed by atoms with van der Waals surface area (Å²) in [6.07, 6.45) is 7.18. The molecule has 1 N–H and O–H groups in total. The third kappa shape index (κ3) is 4.00. The predicted molar refractivity (Wildman–Crippen MR) is 115 cm³/mol. The van der Waals surface area contributed by atoms with Crippen molar-refractivity contribution in [1.82, 2.24) is 14.9 Å². The minimum atomic E-state index is 0.271. The van der Waals surface area contributed by atoms with Gasteiger partial charge in [-0.05, 0) is 50.2 Å². The highest BCUT2D eigenvalue weighted by Crippen LogP contribution is 2.40. The second-order valence-electron chi connectivity index (χ2n) is 8.27. The van der Waals surface area contributed by atoms with Gasteiger partial charge in [-0.25, -0.2) is 9.97 Å².